The van der Waals surface area contributed by atoms with Crippen molar-refractivity contribution in [3.05, 3.63) is 82.7 Å². The predicted molar refractivity (Wildman–Crippen MR) is 122 cm³/mol. The first kappa shape index (κ1) is 21.6. The van der Waals surface area contributed by atoms with E-state index >= 15 is 0 Å². The molecule has 9 heteroatoms. The van der Waals surface area contributed by atoms with Gasteiger partial charge in [0, 0.05) is 22.4 Å². The standard InChI is InChI=1S/C22H19Cl2N3O3S/c1-31(29,30)16-9-6-14(7-10-16)13-27-20-5-3-2-4-17(20)21(26-27)22(28)25-15-8-11-18(23)19(24)12-15/h2-10,12,18H,11,13H2,1H3,(H,25,28). The van der Waals surface area contributed by atoms with Crippen molar-refractivity contribution in [2.45, 2.75) is 23.2 Å². The molecule has 0 fully saturated rings. The summed E-state index contributed by atoms with van der Waals surface area (Å²) in [6.07, 6.45) is 5.17. The summed E-state index contributed by atoms with van der Waals surface area (Å²) in [7, 11) is -3.26. The number of alkyl halides is 1. The van der Waals surface area contributed by atoms with Gasteiger partial charge >= 0.3 is 0 Å². The van der Waals surface area contributed by atoms with Crippen LogP contribution in [-0.2, 0) is 16.4 Å². The third-order valence-corrected chi connectivity index (χ3v) is 6.98. The summed E-state index contributed by atoms with van der Waals surface area (Å²) in [4.78, 5) is 13.2. The number of benzene rings is 2. The van der Waals surface area contributed by atoms with Crippen LogP contribution in [0.3, 0.4) is 0 Å². The second-order valence-electron chi connectivity index (χ2n) is 7.29. The number of nitrogens with zero attached hydrogens (tertiary/aromatic N) is 2. The highest BCUT2D eigenvalue weighted by molar-refractivity contribution is 7.90. The molecule has 2 aromatic carbocycles. The van der Waals surface area contributed by atoms with E-state index in [0.717, 1.165) is 16.5 Å². The summed E-state index contributed by atoms with van der Waals surface area (Å²) in [6.45, 7) is 0.389. The van der Waals surface area contributed by atoms with E-state index in [2.05, 4.69) is 10.4 Å². The SMILES string of the molecule is CS(=O)(=O)c1ccc(Cn2nc(C(=O)NC3=CCC(Cl)C(Cl)=C3)c3ccccc32)cc1. The van der Waals surface area contributed by atoms with Crippen LogP contribution in [0.2, 0.25) is 0 Å². The van der Waals surface area contributed by atoms with Crippen LogP contribution in [0.5, 0.6) is 0 Å². The highest BCUT2D eigenvalue weighted by Gasteiger charge is 2.20. The molecule has 0 aliphatic heterocycles. The normalized spacial score (nSPS) is 16.7. The monoisotopic (exact) mass is 475 g/mol. The van der Waals surface area contributed by atoms with Crippen molar-refractivity contribution in [3.63, 3.8) is 0 Å². The van der Waals surface area contributed by atoms with E-state index in [1.807, 2.05) is 30.3 Å². The van der Waals surface area contributed by atoms with E-state index in [9.17, 15) is 13.2 Å². The maximum Gasteiger partial charge on any atom is 0.276 e. The lowest BCUT2D eigenvalue weighted by Gasteiger charge is -2.14. The average Bonchev–Trinajstić information content (AvgIpc) is 3.09. The van der Waals surface area contributed by atoms with E-state index in [-0.39, 0.29) is 16.2 Å². The first-order chi connectivity index (χ1) is 14.7. The van der Waals surface area contributed by atoms with Gasteiger partial charge in [0.1, 0.15) is 0 Å². The first-order valence-corrected chi connectivity index (χ1v) is 12.2. The summed E-state index contributed by atoms with van der Waals surface area (Å²) < 4.78 is 25.1. The lowest BCUT2D eigenvalue weighted by atomic mass is 10.1. The number of aromatic nitrogens is 2. The number of hydrogen-bond acceptors (Lipinski definition) is 4. The molecular formula is C22H19Cl2N3O3S. The molecular weight excluding hydrogens is 457 g/mol. The highest BCUT2D eigenvalue weighted by Crippen LogP contribution is 2.25. The molecule has 1 aliphatic rings. The van der Waals surface area contributed by atoms with E-state index in [1.165, 1.54) is 6.26 Å². The second kappa shape index (κ2) is 8.49. The zero-order valence-corrected chi connectivity index (χ0v) is 18.9. The van der Waals surface area contributed by atoms with Gasteiger partial charge in [0.25, 0.3) is 5.91 Å². The molecule has 1 N–H and O–H groups in total. The summed E-state index contributed by atoms with van der Waals surface area (Å²) in [5.41, 5.74) is 2.54. The van der Waals surface area contributed by atoms with Crippen LogP contribution in [0.15, 0.2) is 76.3 Å². The van der Waals surface area contributed by atoms with E-state index in [1.54, 1.807) is 35.0 Å². The van der Waals surface area contributed by atoms with Gasteiger partial charge in [-0.1, -0.05) is 48.0 Å². The third kappa shape index (κ3) is 4.69. The van der Waals surface area contributed by atoms with Gasteiger partial charge in [-0.15, -0.1) is 11.6 Å². The van der Waals surface area contributed by atoms with Crippen molar-refractivity contribution >= 4 is 49.8 Å². The Bertz CT molecular complexity index is 1330. The van der Waals surface area contributed by atoms with Crippen molar-refractivity contribution < 1.29 is 13.2 Å². The van der Waals surface area contributed by atoms with E-state index in [4.69, 9.17) is 23.2 Å². The maximum atomic E-state index is 12.9. The van der Waals surface area contributed by atoms with Crippen LogP contribution in [-0.4, -0.2) is 35.7 Å². The molecule has 31 heavy (non-hydrogen) atoms. The lowest BCUT2D eigenvalue weighted by molar-refractivity contribution is 0.0962. The van der Waals surface area contributed by atoms with Gasteiger partial charge in [-0.3, -0.25) is 9.48 Å². The summed E-state index contributed by atoms with van der Waals surface area (Å²) in [6, 6.07) is 14.1. The number of nitrogens with one attached hydrogen (secondary N) is 1. The Hall–Kier alpha value is -2.61. The number of sulfone groups is 1. The van der Waals surface area contributed by atoms with Crippen LogP contribution >= 0.6 is 23.2 Å². The van der Waals surface area contributed by atoms with Gasteiger partial charge in [0.05, 0.1) is 22.3 Å². The average molecular weight is 476 g/mol. The maximum absolute atomic E-state index is 12.9. The van der Waals surface area contributed by atoms with Crippen LogP contribution in [0.4, 0.5) is 0 Å². The number of fused-ring (bicyclic) bond motifs is 1. The van der Waals surface area contributed by atoms with Crippen LogP contribution < -0.4 is 5.32 Å². The molecule has 0 spiro atoms. The number of hydrogen-bond donors (Lipinski definition) is 1. The molecule has 1 aliphatic carbocycles. The second-order valence-corrected chi connectivity index (χ2v) is 10.3. The zero-order chi connectivity index (χ0) is 22.2. The fourth-order valence-corrected chi connectivity index (χ4v) is 4.34. The van der Waals surface area contributed by atoms with Crippen molar-refractivity contribution in [2.75, 3.05) is 6.26 Å². The van der Waals surface area contributed by atoms with Crippen molar-refractivity contribution in [3.8, 4) is 0 Å². The van der Waals surface area contributed by atoms with Gasteiger partial charge in [-0.2, -0.15) is 5.10 Å². The molecule has 4 rings (SSSR count). The molecule has 1 atom stereocenters. The lowest BCUT2D eigenvalue weighted by Crippen LogP contribution is -2.24. The Balaban J connectivity index is 1.62. The molecule has 1 amide bonds. The third-order valence-electron chi connectivity index (χ3n) is 4.95. The molecule has 1 unspecified atom stereocenters. The fourth-order valence-electron chi connectivity index (χ4n) is 3.35. The number of carbonyl (C=O) groups excluding carboxylic acids is 1. The largest absolute Gasteiger partial charge is 0.321 e. The molecule has 160 valence electrons. The van der Waals surface area contributed by atoms with Gasteiger partial charge in [0.15, 0.2) is 15.5 Å². The van der Waals surface area contributed by atoms with Crippen molar-refractivity contribution in [1.29, 1.82) is 0 Å². The Morgan fingerprint density at radius 1 is 1.19 bits per heavy atom. The highest BCUT2D eigenvalue weighted by atomic mass is 35.5. The molecule has 0 bridgehead atoms. The van der Waals surface area contributed by atoms with Crippen LogP contribution in [0.25, 0.3) is 10.9 Å². The Morgan fingerprint density at radius 2 is 1.90 bits per heavy atom. The molecule has 0 radical (unpaired) electrons. The minimum atomic E-state index is -3.26. The van der Waals surface area contributed by atoms with Gasteiger partial charge in [-0.05, 0) is 36.3 Å². The topological polar surface area (TPSA) is 81.1 Å². The molecule has 1 aromatic heterocycles. The summed E-state index contributed by atoms with van der Waals surface area (Å²) in [5, 5.41) is 8.29. The smallest absolute Gasteiger partial charge is 0.276 e. The zero-order valence-electron chi connectivity index (χ0n) is 16.5. The number of para-hydroxylation sites is 1. The van der Waals surface area contributed by atoms with Crippen LogP contribution in [0, 0.1) is 0 Å². The Kier molecular flexibility index (Phi) is 5.92. The molecule has 1 heterocycles. The number of rotatable bonds is 5. The van der Waals surface area contributed by atoms with E-state index in [0.29, 0.717) is 29.4 Å². The predicted octanol–water partition coefficient (Wildman–Crippen LogP) is 4.24. The Labute approximate surface area is 190 Å². The Morgan fingerprint density at radius 3 is 2.58 bits per heavy atom. The number of carbonyl (C=O) groups is 1. The first-order valence-electron chi connectivity index (χ1n) is 9.49. The van der Waals surface area contributed by atoms with Gasteiger partial charge < -0.3 is 5.32 Å². The number of amides is 1. The quantitative estimate of drug-likeness (QED) is 0.559. The molecule has 0 saturated carbocycles. The molecule has 6 nitrogen and oxygen atoms in total. The molecule has 3 aromatic rings. The van der Waals surface area contributed by atoms with Gasteiger partial charge in [0.2, 0.25) is 0 Å². The fraction of sp³-hybridized carbons (Fsp3) is 0.182. The van der Waals surface area contributed by atoms with Crippen LogP contribution in [0.1, 0.15) is 22.5 Å². The number of allylic oxidation sites excluding steroid dienone is 3. The van der Waals surface area contributed by atoms with Crippen molar-refractivity contribution in [2.24, 2.45) is 0 Å². The molecule has 0 saturated heterocycles. The van der Waals surface area contributed by atoms with Crippen molar-refractivity contribution in [1.82, 2.24) is 15.1 Å². The minimum Gasteiger partial charge on any atom is -0.321 e. The minimum absolute atomic E-state index is 0.258. The number of halogens is 2. The van der Waals surface area contributed by atoms with E-state index < -0.39 is 9.84 Å². The summed E-state index contributed by atoms with van der Waals surface area (Å²) >= 11 is 12.2. The summed E-state index contributed by atoms with van der Waals surface area (Å²) in [5.74, 6) is -0.345. The van der Waals surface area contributed by atoms with Gasteiger partial charge in [-0.25, -0.2) is 8.42 Å².